The maximum atomic E-state index is 9.24. The zero-order valence-corrected chi connectivity index (χ0v) is 15.8. The first-order valence-electron chi connectivity index (χ1n) is 8.00. The van der Waals surface area contributed by atoms with E-state index in [1.807, 2.05) is 36.6 Å². The Morgan fingerprint density at radius 3 is 2.52 bits per heavy atom. The number of ether oxygens (including phenoxy) is 1. The highest BCUT2D eigenvalue weighted by Gasteiger charge is 2.15. The molecular weight excluding hydrogens is 306 g/mol. The van der Waals surface area contributed by atoms with Crippen molar-refractivity contribution in [2.45, 2.75) is 52.9 Å². The van der Waals surface area contributed by atoms with Crippen LogP contribution in [0.1, 0.15) is 17.0 Å². The van der Waals surface area contributed by atoms with E-state index in [4.69, 9.17) is 4.74 Å². The molecule has 2 aromatic rings. The van der Waals surface area contributed by atoms with Gasteiger partial charge in [0.15, 0.2) is 5.82 Å². The smallest absolute Gasteiger partial charge is 0.166 e. The molecule has 0 radical (unpaired) electrons. The van der Waals surface area contributed by atoms with Crippen LogP contribution in [0.3, 0.4) is 0 Å². The standard InChI is InChI=1S/C17H27N3O2Si/c1-13-10-15(11-21)6-7-16(13)17-19-18-14(2)20(17)12-22-8-9-23(3,4)5/h6-7,10,21H,8-9,11-12H2,1-5H3. The minimum absolute atomic E-state index is 0.0483. The number of benzene rings is 1. The molecule has 2 rings (SSSR count). The number of nitrogens with zero attached hydrogens (tertiary/aromatic N) is 3. The Kier molecular flexibility index (Phi) is 5.72. The van der Waals surface area contributed by atoms with Gasteiger partial charge in [0.25, 0.3) is 0 Å². The van der Waals surface area contributed by atoms with Gasteiger partial charge in [-0.05, 0) is 31.0 Å². The molecule has 0 aliphatic rings. The number of hydrogen-bond donors (Lipinski definition) is 1. The van der Waals surface area contributed by atoms with Gasteiger partial charge >= 0.3 is 0 Å². The van der Waals surface area contributed by atoms with Crippen LogP contribution in [0.25, 0.3) is 11.4 Å². The molecule has 0 fully saturated rings. The van der Waals surface area contributed by atoms with Crippen LogP contribution < -0.4 is 0 Å². The first-order valence-corrected chi connectivity index (χ1v) is 11.7. The molecule has 5 nitrogen and oxygen atoms in total. The lowest BCUT2D eigenvalue weighted by Crippen LogP contribution is -2.22. The summed E-state index contributed by atoms with van der Waals surface area (Å²) in [5, 5.41) is 17.7. The molecule has 0 aliphatic heterocycles. The van der Waals surface area contributed by atoms with Crippen LogP contribution in [0, 0.1) is 13.8 Å². The monoisotopic (exact) mass is 333 g/mol. The van der Waals surface area contributed by atoms with E-state index in [1.165, 1.54) is 0 Å². The van der Waals surface area contributed by atoms with Gasteiger partial charge in [-0.25, -0.2) is 0 Å². The summed E-state index contributed by atoms with van der Waals surface area (Å²) >= 11 is 0. The van der Waals surface area contributed by atoms with Crippen LogP contribution in [0.5, 0.6) is 0 Å². The second-order valence-corrected chi connectivity index (χ2v) is 12.8. The van der Waals surface area contributed by atoms with Gasteiger partial charge in [0, 0.05) is 20.2 Å². The Morgan fingerprint density at radius 1 is 1.17 bits per heavy atom. The number of rotatable bonds is 7. The highest BCUT2D eigenvalue weighted by Crippen LogP contribution is 2.23. The molecule has 0 spiro atoms. The third-order valence-electron chi connectivity index (χ3n) is 3.87. The molecule has 1 heterocycles. The molecule has 1 aromatic carbocycles. The maximum Gasteiger partial charge on any atom is 0.166 e. The Labute approximate surface area is 139 Å². The number of aromatic nitrogens is 3. The molecule has 0 saturated heterocycles. The van der Waals surface area contributed by atoms with Crippen molar-refractivity contribution in [2.24, 2.45) is 0 Å². The summed E-state index contributed by atoms with van der Waals surface area (Å²) in [6, 6.07) is 7.04. The summed E-state index contributed by atoms with van der Waals surface area (Å²) < 4.78 is 7.86. The van der Waals surface area contributed by atoms with Gasteiger partial charge in [-0.3, -0.25) is 4.57 Å². The van der Waals surface area contributed by atoms with Gasteiger partial charge in [0.05, 0.1) is 6.61 Å². The Morgan fingerprint density at radius 2 is 1.91 bits per heavy atom. The van der Waals surface area contributed by atoms with Crippen molar-refractivity contribution in [3.63, 3.8) is 0 Å². The van der Waals surface area contributed by atoms with Crippen molar-refractivity contribution in [1.29, 1.82) is 0 Å². The van der Waals surface area contributed by atoms with Crippen molar-refractivity contribution in [3.05, 3.63) is 35.2 Å². The molecule has 0 amide bonds. The van der Waals surface area contributed by atoms with Crippen molar-refractivity contribution >= 4 is 8.07 Å². The zero-order valence-electron chi connectivity index (χ0n) is 14.8. The van der Waals surface area contributed by atoms with Crippen molar-refractivity contribution in [1.82, 2.24) is 14.8 Å². The number of aliphatic hydroxyl groups is 1. The summed E-state index contributed by atoms with van der Waals surface area (Å²) in [5.74, 6) is 1.66. The van der Waals surface area contributed by atoms with E-state index in [9.17, 15) is 5.11 Å². The summed E-state index contributed by atoms with van der Waals surface area (Å²) in [5.41, 5.74) is 3.00. The summed E-state index contributed by atoms with van der Waals surface area (Å²) in [7, 11) is -1.08. The topological polar surface area (TPSA) is 60.2 Å². The number of aryl methyl sites for hydroxylation is 2. The Balaban J connectivity index is 2.15. The molecule has 6 heteroatoms. The van der Waals surface area contributed by atoms with Gasteiger partial charge in [-0.15, -0.1) is 10.2 Å². The molecule has 1 aromatic heterocycles. The SMILES string of the molecule is Cc1cc(CO)ccc1-c1nnc(C)n1COCC[Si](C)(C)C. The van der Waals surface area contributed by atoms with Crippen LogP contribution in [0.4, 0.5) is 0 Å². The lowest BCUT2D eigenvalue weighted by atomic mass is 10.0. The van der Waals surface area contributed by atoms with Gasteiger partial charge in [0.2, 0.25) is 0 Å². The van der Waals surface area contributed by atoms with E-state index in [2.05, 4.69) is 29.8 Å². The first-order chi connectivity index (χ1) is 10.8. The van der Waals surface area contributed by atoms with E-state index in [-0.39, 0.29) is 6.61 Å². The minimum atomic E-state index is -1.08. The van der Waals surface area contributed by atoms with Crippen molar-refractivity contribution in [3.8, 4) is 11.4 Å². The van der Waals surface area contributed by atoms with Crippen LogP contribution in [-0.2, 0) is 18.1 Å². The number of aliphatic hydroxyl groups excluding tert-OH is 1. The molecule has 0 saturated carbocycles. The van der Waals surface area contributed by atoms with Crippen molar-refractivity contribution in [2.75, 3.05) is 6.61 Å². The average Bonchev–Trinajstić information content (AvgIpc) is 2.83. The largest absolute Gasteiger partial charge is 0.392 e. The highest BCUT2D eigenvalue weighted by molar-refractivity contribution is 6.76. The fraction of sp³-hybridized carbons (Fsp3) is 0.529. The fourth-order valence-electron chi connectivity index (χ4n) is 2.34. The quantitative estimate of drug-likeness (QED) is 0.623. The van der Waals surface area contributed by atoms with Crippen LogP contribution in [0.2, 0.25) is 25.7 Å². The predicted molar refractivity (Wildman–Crippen MR) is 95.0 cm³/mol. The normalized spacial score (nSPS) is 11.9. The van der Waals surface area contributed by atoms with E-state index < -0.39 is 8.07 Å². The molecule has 23 heavy (non-hydrogen) atoms. The van der Waals surface area contributed by atoms with E-state index in [0.717, 1.165) is 41.0 Å². The third kappa shape index (κ3) is 4.73. The molecule has 0 atom stereocenters. The molecule has 0 unspecified atom stereocenters. The molecule has 0 bridgehead atoms. The third-order valence-corrected chi connectivity index (χ3v) is 5.57. The average molecular weight is 334 g/mol. The van der Waals surface area contributed by atoms with Crippen LogP contribution in [0.15, 0.2) is 18.2 Å². The second-order valence-electron chi connectivity index (χ2n) is 7.15. The Bertz CT molecular complexity index is 662. The summed E-state index contributed by atoms with van der Waals surface area (Å²) in [4.78, 5) is 0. The fourth-order valence-corrected chi connectivity index (χ4v) is 3.10. The molecule has 1 N–H and O–H groups in total. The summed E-state index contributed by atoms with van der Waals surface area (Å²) in [6.45, 7) is 12.3. The molecule has 126 valence electrons. The summed E-state index contributed by atoms with van der Waals surface area (Å²) in [6.07, 6.45) is 0. The Hall–Kier alpha value is -1.50. The van der Waals surface area contributed by atoms with Crippen molar-refractivity contribution < 1.29 is 9.84 Å². The van der Waals surface area contributed by atoms with Gasteiger partial charge in [0.1, 0.15) is 12.6 Å². The zero-order chi connectivity index (χ0) is 17.0. The van der Waals surface area contributed by atoms with Crippen LogP contribution in [-0.4, -0.2) is 34.6 Å². The van der Waals surface area contributed by atoms with Gasteiger partial charge in [-0.2, -0.15) is 0 Å². The first kappa shape index (κ1) is 17.8. The highest BCUT2D eigenvalue weighted by atomic mass is 28.3. The minimum Gasteiger partial charge on any atom is -0.392 e. The van der Waals surface area contributed by atoms with Gasteiger partial charge < -0.3 is 9.84 Å². The lowest BCUT2D eigenvalue weighted by Gasteiger charge is -2.16. The lowest BCUT2D eigenvalue weighted by molar-refractivity contribution is 0.0867. The number of hydrogen-bond acceptors (Lipinski definition) is 4. The molecule has 0 aliphatic carbocycles. The van der Waals surface area contributed by atoms with E-state index in [1.54, 1.807) is 0 Å². The van der Waals surface area contributed by atoms with E-state index in [0.29, 0.717) is 6.73 Å². The van der Waals surface area contributed by atoms with Gasteiger partial charge in [-0.1, -0.05) is 37.8 Å². The predicted octanol–water partition coefficient (Wildman–Crippen LogP) is 3.37. The molecular formula is C17H27N3O2Si. The maximum absolute atomic E-state index is 9.24. The second kappa shape index (κ2) is 7.38. The van der Waals surface area contributed by atoms with Crippen LogP contribution >= 0.6 is 0 Å². The van der Waals surface area contributed by atoms with E-state index >= 15 is 0 Å².